The summed E-state index contributed by atoms with van der Waals surface area (Å²) < 4.78 is 19.8. The fourth-order valence-electron chi connectivity index (χ4n) is 2.24. The van der Waals surface area contributed by atoms with Crippen LogP contribution in [-0.4, -0.2) is 23.7 Å². The summed E-state index contributed by atoms with van der Waals surface area (Å²) in [5, 5.41) is 3.27. The number of pyridine rings is 1. The molecule has 2 rings (SSSR count). The average Bonchev–Trinajstić information content (AvgIpc) is 2.48. The van der Waals surface area contributed by atoms with Gasteiger partial charge in [0, 0.05) is 12.6 Å². The SMILES string of the molecule is CC/C=C(/F)C(C)(C)Oc1cccc(C2=CCNCC2)n1. The molecule has 1 aromatic rings. The molecule has 3 nitrogen and oxygen atoms in total. The van der Waals surface area contributed by atoms with Crippen LogP contribution in [0.4, 0.5) is 4.39 Å². The van der Waals surface area contributed by atoms with Gasteiger partial charge in [0.2, 0.25) is 5.88 Å². The highest BCUT2D eigenvalue weighted by Gasteiger charge is 2.26. The van der Waals surface area contributed by atoms with E-state index in [2.05, 4.69) is 16.4 Å². The summed E-state index contributed by atoms with van der Waals surface area (Å²) in [6.07, 6.45) is 5.27. The van der Waals surface area contributed by atoms with Gasteiger partial charge in [-0.25, -0.2) is 9.37 Å². The quantitative estimate of drug-likeness (QED) is 0.893. The Bertz CT molecular complexity index is 549. The standard InChI is InChI=1S/C17H23FN2O/c1-4-6-15(18)17(2,3)21-16-8-5-7-14(20-16)13-9-11-19-12-10-13/h5-9,19H,4,10-12H2,1-3H3/b15-6+. The van der Waals surface area contributed by atoms with Gasteiger partial charge < -0.3 is 10.1 Å². The molecule has 1 aliphatic rings. The minimum Gasteiger partial charge on any atom is -0.464 e. The molecule has 0 atom stereocenters. The first-order chi connectivity index (χ1) is 10.0. The van der Waals surface area contributed by atoms with Crippen LogP contribution in [0.25, 0.3) is 5.57 Å². The molecule has 1 aromatic heterocycles. The van der Waals surface area contributed by atoms with Crippen LogP contribution in [0.5, 0.6) is 5.88 Å². The lowest BCUT2D eigenvalue weighted by atomic mass is 10.1. The number of allylic oxidation sites excluding steroid dienone is 1. The van der Waals surface area contributed by atoms with E-state index in [9.17, 15) is 4.39 Å². The molecule has 0 spiro atoms. The van der Waals surface area contributed by atoms with E-state index in [1.807, 2.05) is 19.1 Å². The van der Waals surface area contributed by atoms with Crippen LogP contribution in [0.2, 0.25) is 0 Å². The Morgan fingerprint density at radius 1 is 1.48 bits per heavy atom. The maximum Gasteiger partial charge on any atom is 0.214 e. The molecular weight excluding hydrogens is 267 g/mol. The molecule has 4 heteroatoms. The van der Waals surface area contributed by atoms with Gasteiger partial charge >= 0.3 is 0 Å². The monoisotopic (exact) mass is 290 g/mol. The Hall–Kier alpha value is -1.68. The first-order valence-electron chi connectivity index (χ1n) is 7.45. The van der Waals surface area contributed by atoms with E-state index in [1.54, 1.807) is 26.0 Å². The van der Waals surface area contributed by atoms with Crippen LogP contribution in [0.1, 0.15) is 39.3 Å². The number of nitrogens with one attached hydrogen (secondary N) is 1. The minimum absolute atomic E-state index is 0.265. The third kappa shape index (κ3) is 4.14. The zero-order valence-corrected chi connectivity index (χ0v) is 12.9. The average molecular weight is 290 g/mol. The van der Waals surface area contributed by atoms with Crippen molar-refractivity contribution in [1.29, 1.82) is 0 Å². The van der Waals surface area contributed by atoms with Gasteiger partial charge in [0.1, 0.15) is 5.83 Å². The topological polar surface area (TPSA) is 34.1 Å². The van der Waals surface area contributed by atoms with Crippen LogP contribution in [0.3, 0.4) is 0 Å². The van der Waals surface area contributed by atoms with E-state index in [0.717, 1.165) is 25.2 Å². The van der Waals surface area contributed by atoms with Gasteiger partial charge in [-0.1, -0.05) is 19.1 Å². The van der Waals surface area contributed by atoms with E-state index in [1.165, 1.54) is 5.57 Å². The smallest absolute Gasteiger partial charge is 0.214 e. The van der Waals surface area contributed by atoms with Gasteiger partial charge in [0.15, 0.2) is 5.60 Å². The second-order valence-electron chi connectivity index (χ2n) is 5.62. The zero-order valence-electron chi connectivity index (χ0n) is 12.9. The van der Waals surface area contributed by atoms with Crippen molar-refractivity contribution in [3.63, 3.8) is 0 Å². The fourth-order valence-corrected chi connectivity index (χ4v) is 2.24. The predicted molar refractivity (Wildman–Crippen MR) is 83.9 cm³/mol. The Balaban J connectivity index is 2.18. The Labute approximate surface area is 125 Å². The van der Waals surface area contributed by atoms with E-state index in [4.69, 9.17) is 4.74 Å². The number of aromatic nitrogens is 1. The highest BCUT2D eigenvalue weighted by Crippen LogP contribution is 2.26. The van der Waals surface area contributed by atoms with Crippen LogP contribution < -0.4 is 10.1 Å². The molecular formula is C17H23FN2O. The first-order valence-corrected chi connectivity index (χ1v) is 7.45. The predicted octanol–water partition coefficient (Wildman–Crippen LogP) is 3.88. The largest absolute Gasteiger partial charge is 0.464 e. The molecule has 0 radical (unpaired) electrons. The highest BCUT2D eigenvalue weighted by atomic mass is 19.1. The van der Waals surface area contributed by atoms with Crippen molar-refractivity contribution in [1.82, 2.24) is 10.3 Å². The van der Waals surface area contributed by atoms with Crippen molar-refractivity contribution in [3.8, 4) is 5.88 Å². The van der Waals surface area contributed by atoms with Crippen LogP contribution in [-0.2, 0) is 0 Å². The molecule has 1 N–H and O–H groups in total. The third-order valence-electron chi connectivity index (χ3n) is 3.43. The van der Waals surface area contributed by atoms with Gasteiger partial charge in [-0.15, -0.1) is 0 Å². The van der Waals surface area contributed by atoms with Crippen molar-refractivity contribution in [2.45, 2.75) is 39.2 Å². The minimum atomic E-state index is -0.996. The van der Waals surface area contributed by atoms with Crippen molar-refractivity contribution < 1.29 is 9.13 Å². The third-order valence-corrected chi connectivity index (χ3v) is 3.43. The Morgan fingerprint density at radius 2 is 2.29 bits per heavy atom. The van der Waals surface area contributed by atoms with E-state index in [0.29, 0.717) is 12.3 Å². The first kappa shape index (κ1) is 15.7. The molecule has 0 aromatic carbocycles. The van der Waals surface area contributed by atoms with Gasteiger partial charge in [0.25, 0.3) is 0 Å². The second-order valence-corrected chi connectivity index (χ2v) is 5.62. The molecule has 0 saturated carbocycles. The number of nitrogens with zero attached hydrogens (tertiary/aromatic N) is 1. The molecule has 2 heterocycles. The van der Waals surface area contributed by atoms with Gasteiger partial charge in [-0.05, 0) is 50.9 Å². The maximum absolute atomic E-state index is 14.0. The van der Waals surface area contributed by atoms with E-state index >= 15 is 0 Å². The van der Waals surface area contributed by atoms with Crippen molar-refractivity contribution in [2.75, 3.05) is 13.1 Å². The lowest BCUT2D eigenvalue weighted by Gasteiger charge is -2.24. The summed E-state index contributed by atoms with van der Waals surface area (Å²) in [7, 11) is 0. The summed E-state index contributed by atoms with van der Waals surface area (Å²) in [4.78, 5) is 4.51. The van der Waals surface area contributed by atoms with E-state index < -0.39 is 5.60 Å². The van der Waals surface area contributed by atoms with Crippen LogP contribution >= 0.6 is 0 Å². The molecule has 0 fully saturated rings. The van der Waals surface area contributed by atoms with Crippen LogP contribution in [0, 0.1) is 0 Å². The molecule has 0 amide bonds. The molecule has 0 unspecified atom stereocenters. The summed E-state index contributed by atoms with van der Waals surface area (Å²) in [5.41, 5.74) is 1.12. The van der Waals surface area contributed by atoms with Crippen molar-refractivity contribution >= 4 is 5.57 Å². The number of ether oxygens (including phenoxy) is 1. The van der Waals surface area contributed by atoms with Gasteiger partial charge in [0.05, 0.1) is 5.69 Å². The summed E-state index contributed by atoms with van der Waals surface area (Å²) in [5.74, 6) is 0.190. The highest BCUT2D eigenvalue weighted by molar-refractivity contribution is 5.63. The maximum atomic E-state index is 14.0. The number of hydrogen-bond acceptors (Lipinski definition) is 3. The number of rotatable bonds is 5. The number of hydrogen-bond donors (Lipinski definition) is 1. The zero-order chi connectivity index (χ0) is 15.3. The number of halogens is 1. The van der Waals surface area contributed by atoms with Gasteiger partial charge in [-0.2, -0.15) is 0 Å². The summed E-state index contributed by atoms with van der Waals surface area (Å²) in [6.45, 7) is 7.15. The van der Waals surface area contributed by atoms with Crippen molar-refractivity contribution in [2.24, 2.45) is 0 Å². The Morgan fingerprint density at radius 3 is 2.95 bits per heavy atom. The molecule has 114 valence electrons. The molecule has 0 saturated heterocycles. The fraction of sp³-hybridized carbons (Fsp3) is 0.471. The molecule has 21 heavy (non-hydrogen) atoms. The van der Waals surface area contributed by atoms with Crippen molar-refractivity contribution in [3.05, 3.63) is 41.9 Å². The lowest BCUT2D eigenvalue weighted by molar-refractivity contribution is 0.115. The van der Waals surface area contributed by atoms with E-state index in [-0.39, 0.29) is 5.83 Å². The Kier molecular flexibility index (Phi) is 5.12. The molecule has 0 bridgehead atoms. The summed E-state index contributed by atoms with van der Waals surface area (Å²) in [6, 6.07) is 5.64. The lowest BCUT2D eigenvalue weighted by Crippen LogP contribution is -2.29. The normalized spacial score (nSPS) is 16.6. The second kappa shape index (κ2) is 6.85. The van der Waals surface area contributed by atoms with Gasteiger partial charge in [-0.3, -0.25) is 0 Å². The summed E-state index contributed by atoms with van der Waals surface area (Å²) >= 11 is 0. The molecule has 0 aliphatic carbocycles. The van der Waals surface area contributed by atoms with Crippen LogP contribution in [0.15, 0.2) is 36.2 Å². The molecule has 1 aliphatic heterocycles.